The maximum atomic E-state index is 14.0. The second-order valence-electron chi connectivity index (χ2n) is 5.65. The fraction of sp³-hybridized carbons (Fsp3) is 0.412. The van der Waals surface area contributed by atoms with Gasteiger partial charge in [0.05, 0.1) is 11.5 Å². The van der Waals surface area contributed by atoms with Crippen molar-refractivity contribution in [3.63, 3.8) is 0 Å². The molecule has 0 aromatic heterocycles. The lowest BCUT2D eigenvalue weighted by atomic mass is 10.1. The van der Waals surface area contributed by atoms with E-state index in [1.54, 1.807) is 12.1 Å². The van der Waals surface area contributed by atoms with Gasteiger partial charge in [0.1, 0.15) is 18.2 Å². The molecule has 2 aromatic carbocycles. The Kier molecular flexibility index (Phi) is 4.87. The van der Waals surface area contributed by atoms with Gasteiger partial charge in [0.25, 0.3) is 0 Å². The van der Waals surface area contributed by atoms with Crippen LogP contribution in [0.5, 0.6) is 5.75 Å². The van der Waals surface area contributed by atoms with Crippen LogP contribution in [0.3, 0.4) is 0 Å². The summed E-state index contributed by atoms with van der Waals surface area (Å²) in [5.41, 5.74) is 0. The first-order valence-corrected chi connectivity index (χ1v) is 7.66. The Morgan fingerprint density at radius 1 is 1.23 bits per heavy atom. The summed E-state index contributed by atoms with van der Waals surface area (Å²) in [7, 11) is 0. The summed E-state index contributed by atoms with van der Waals surface area (Å²) in [5, 5.41) is 18.0. The predicted octanol–water partition coefficient (Wildman–Crippen LogP) is 1.67. The van der Waals surface area contributed by atoms with Crippen LogP contribution >= 0.6 is 0 Å². The van der Waals surface area contributed by atoms with Crippen LogP contribution in [0.2, 0.25) is 0 Å². The Balaban J connectivity index is 1.63. The second kappa shape index (κ2) is 7.05. The van der Waals surface area contributed by atoms with Crippen LogP contribution in [0.15, 0.2) is 36.4 Å². The largest absolute Gasteiger partial charge is 0.490 e. The van der Waals surface area contributed by atoms with Crippen molar-refractivity contribution in [2.24, 2.45) is 0 Å². The van der Waals surface area contributed by atoms with Crippen molar-refractivity contribution in [2.45, 2.75) is 18.6 Å². The van der Waals surface area contributed by atoms with Gasteiger partial charge in [-0.25, -0.2) is 4.39 Å². The summed E-state index contributed by atoms with van der Waals surface area (Å²) in [6.07, 6.45) is 0.0275. The molecule has 1 aliphatic rings. The van der Waals surface area contributed by atoms with Crippen molar-refractivity contribution in [3.8, 4) is 5.75 Å². The van der Waals surface area contributed by atoms with Gasteiger partial charge in [-0.15, -0.1) is 0 Å². The van der Waals surface area contributed by atoms with Crippen LogP contribution in [0, 0.1) is 5.82 Å². The molecule has 22 heavy (non-hydrogen) atoms. The molecule has 3 N–H and O–H groups in total. The zero-order valence-corrected chi connectivity index (χ0v) is 12.4. The molecule has 2 aromatic rings. The molecular formula is C17H21FN2O2. The van der Waals surface area contributed by atoms with E-state index in [9.17, 15) is 9.50 Å². The van der Waals surface area contributed by atoms with Crippen LogP contribution in [-0.4, -0.2) is 43.5 Å². The fourth-order valence-electron chi connectivity index (χ4n) is 2.84. The number of ether oxygens (including phenoxy) is 1. The monoisotopic (exact) mass is 304 g/mol. The number of aliphatic hydroxyl groups excluding tert-OH is 1. The number of piperazine rings is 1. The number of halogens is 1. The number of fused-ring (bicyclic) bond motifs is 1. The van der Waals surface area contributed by atoms with Crippen molar-refractivity contribution in [2.75, 3.05) is 26.2 Å². The number of hydrogen-bond donors (Lipinski definition) is 3. The van der Waals surface area contributed by atoms with E-state index >= 15 is 0 Å². The average Bonchev–Trinajstić information content (AvgIpc) is 2.54. The minimum absolute atomic E-state index is 0.158. The number of aliphatic hydroxyl groups is 1. The van der Waals surface area contributed by atoms with Crippen LogP contribution in [0.1, 0.15) is 6.42 Å². The first-order valence-electron chi connectivity index (χ1n) is 7.66. The Labute approximate surface area is 129 Å². The van der Waals surface area contributed by atoms with Crippen molar-refractivity contribution >= 4 is 10.8 Å². The average molecular weight is 304 g/mol. The molecule has 1 saturated heterocycles. The molecule has 4 nitrogen and oxygen atoms in total. The molecule has 0 radical (unpaired) electrons. The molecule has 0 aliphatic carbocycles. The molecule has 2 unspecified atom stereocenters. The van der Waals surface area contributed by atoms with Gasteiger partial charge >= 0.3 is 0 Å². The van der Waals surface area contributed by atoms with Crippen LogP contribution in [0.4, 0.5) is 4.39 Å². The van der Waals surface area contributed by atoms with Gasteiger partial charge in [0, 0.05) is 25.7 Å². The predicted molar refractivity (Wildman–Crippen MR) is 84.7 cm³/mol. The molecule has 1 fully saturated rings. The molecular weight excluding hydrogens is 283 g/mol. The topological polar surface area (TPSA) is 53.5 Å². The summed E-state index contributed by atoms with van der Waals surface area (Å²) in [6.45, 7) is 2.87. The van der Waals surface area contributed by atoms with Crippen molar-refractivity contribution in [1.29, 1.82) is 0 Å². The smallest absolute Gasteiger partial charge is 0.134 e. The Morgan fingerprint density at radius 3 is 2.82 bits per heavy atom. The van der Waals surface area contributed by atoms with Gasteiger partial charge in [0.2, 0.25) is 0 Å². The van der Waals surface area contributed by atoms with Crippen LogP contribution < -0.4 is 15.4 Å². The Morgan fingerprint density at radius 2 is 2.05 bits per heavy atom. The number of rotatable bonds is 5. The SMILES string of the molecule is OC(COc1cccc2cccc(F)c12)CC1CNCCN1. The molecule has 0 bridgehead atoms. The van der Waals surface area contributed by atoms with Crippen LogP contribution in [0.25, 0.3) is 10.8 Å². The highest BCUT2D eigenvalue weighted by Crippen LogP contribution is 2.28. The molecule has 0 saturated carbocycles. The lowest BCUT2D eigenvalue weighted by Gasteiger charge is -2.26. The standard InChI is InChI=1S/C17H21FN2O2/c18-15-5-1-3-12-4-2-6-16(17(12)15)22-11-14(21)9-13-10-19-7-8-20-13/h1-6,13-14,19-21H,7-11H2. The molecule has 1 aliphatic heterocycles. The molecule has 0 spiro atoms. The lowest BCUT2D eigenvalue weighted by Crippen LogP contribution is -2.49. The number of hydrogen-bond acceptors (Lipinski definition) is 4. The summed E-state index contributed by atoms with van der Waals surface area (Å²) >= 11 is 0. The maximum Gasteiger partial charge on any atom is 0.134 e. The molecule has 1 heterocycles. The van der Waals surface area contributed by atoms with E-state index in [4.69, 9.17) is 4.74 Å². The van der Waals surface area contributed by atoms with E-state index in [-0.39, 0.29) is 18.5 Å². The zero-order valence-electron chi connectivity index (χ0n) is 12.4. The fourth-order valence-corrected chi connectivity index (χ4v) is 2.84. The van der Waals surface area contributed by atoms with Gasteiger partial charge in [-0.2, -0.15) is 0 Å². The molecule has 2 atom stereocenters. The summed E-state index contributed by atoms with van der Waals surface area (Å²) in [5.74, 6) is 0.171. The summed E-state index contributed by atoms with van der Waals surface area (Å²) in [4.78, 5) is 0. The normalized spacial score (nSPS) is 20.0. The Bertz CT molecular complexity index is 624. The van der Waals surface area contributed by atoms with E-state index < -0.39 is 6.10 Å². The van der Waals surface area contributed by atoms with E-state index in [0.717, 1.165) is 25.0 Å². The highest BCUT2D eigenvalue weighted by Gasteiger charge is 2.17. The minimum Gasteiger partial charge on any atom is -0.490 e. The highest BCUT2D eigenvalue weighted by atomic mass is 19.1. The van der Waals surface area contributed by atoms with E-state index in [1.165, 1.54) is 6.07 Å². The third kappa shape index (κ3) is 3.55. The van der Waals surface area contributed by atoms with E-state index in [1.807, 2.05) is 18.2 Å². The van der Waals surface area contributed by atoms with E-state index in [0.29, 0.717) is 17.6 Å². The quantitative estimate of drug-likeness (QED) is 0.786. The molecule has 5 heteroatoms. The van der Waals surface area contributed by atoms with Gasteiger partial charge in [-0.05, 0) is 23.9 Å². The summed E-state index contributed by atoms with van der Waals surface area (Å²) in [6, 6.07) is 10.6. The second-order valence-corrected chi connectivity index (χ2v) is 5.65. The van der Waals surface area contributed by atoms with E-state index in [2.05, 4.69) is 10.6 Å². The first-order chi connectivity index (χ1) is 10.7. The number of benzene rings is 2. The maximum absolute atomic E-state index is 14.0. The van der Waals surface area contributed by atoms with Crippen molar-refractivity contribution in [3.05, 3.63) is 42.2 Å². The molecule has 0 amide bonds. The van der Waals surface area contributed by atoms with Crippen molar-refractivity contribution < 1.29 is 14.2 Å². The minimum atomic E-state index is -0.584. The third-order valence-electron chi connectivity index (χ3n) is 3.93. The Hall–Kier alpha value is -1.69. The lowest BCUT2D eigenvalue weighted by molar-refractivity contribution is 0.0888. The van der Waals surface area contributed by atoms with Gasteiger partial charge in [-0.1, -0.05) is 24.3 Å². The summed E-state index contributed by atoms with van der Waals surface area (Å²) < 4.78 is 19.6. The van der Waals surface area contributed by atoms with Gasteiger partial charge in [0.15, 0.2) is 0 Å². The molecule has 118 valence electrons. The number of nitrogens with one attached hydrogen (secondary N) is 2. The molecule has 3 rings (SSSR count). The van der Waals surface area contributed by atoms with Crippen molar-refractivity contribution in [1.82, 2.24) is 10.6 Å². The highest BCUT2D eigenvalue weighted by molar-refractivity contribution is 5.88. The van der Waals surface area contributed by atoms with Gasteiger partial charge in [-0.3, -0.25) is 0 Å². The third-order valence-corrected chi connectivity index (χ3v) is 3.93. The van der Waals surface area contributed by atoms with Crippen LogP contribution in [-0.2, 0) is 0 Å². The van der Waals surface area contributed by atoms with Gasteiger partial charge < -0.3 is 20.5 Å². The first kappa shape index (κ1) is 15.2. The zero-order chi connectivity index (χ0) is 15.4.